The summed E-state index contributed by atoms with van der Waals surface area (Å²) in [6.45, 7) is 0. The van der Waals surface area contributed by atoms with Crippen molar-refractivity contribution in [2.45, 2.75) is 5.79 Å². The summed E-state index contributed by atoms with van der Waals surface area (Å²) in [4.78, 5) is 27.2. The normalized spacial score (nSPS) is 18.2. The molecule has 0 amide bonds. The van der Waals surface area contributed by atoms with Gasteiger partial charge in [0.05, 0.1) is 5.57 Å². The van der Waals surface area contributed by atoms with Crippen LogP contribution >= 0.6 is 11.6 Å². The lowest BCUT2D eigenvalue weighted by Crippen LogP contribution is -2.29. The highest BCUT2D eigenvalue weighted by Crippen LogP contribution is 2.49. The Balaban J connectivity index is 1.76. The van der Waals surface area contributed by atoms with Gasteiger partial charge in [-0.3, -0.25) is 9.59 Å². The van der Waals surface area contributed by atoms with E-state index in [0.717, 1.165) is 0 Å². The van der Waals surface area contributed by atoms with Gasteiger partial charge >= 0.3 is 0 Å². The molecule has 0 saturated heterocycles. The van der Waals surface area contributed by atoms with Crippen LogP contribution in [0.1, 0.15) is 31.8 Å². The van der Waals surface area contributed by atoms with Crippen LogP contribution in [0.15, 0.2) is 132 Å². The SMILES string of the molecule is O=C(/C=C1\C(C(=O)c2ccccc2)=C(c2ccccc2)OC1(O)c1ccc(Cl)cc1)c1ccccc1. The second kappa shape index (κ2) is 9.78. The minimum Gasteiger partial charge on any atom is -0.452 e. The molecule has 0 spiro atoms. The van der Waals surface area contributed by atoms with E-state index >= 15 is 0 Å². The van der Waals surface area contributed by atoms with Gasteiger partial charge in [-0.2, -0.15) is 0 Å². The number of hydrogen-bond donors (Lipinski definition) is 1. The van der Waals surface area contributed by atoms with Crippen molar-refractivity contribution < 1.29 is 19.4 Å². The molecule has 4 aromatic rings. The fourth-order valence-electron chi connectivity index (χ4n) is 4.17. The maximum absolute atomic E-state index is 13.9. The average molecular weight is 493 g/mol. The standard InChI is InChI=1S/C31H21ClO4/c32-25-18-16-24(17-19-25)31(35)26(20-27(33)21-10-4-1-5-11-21)28(29(34)22-12-6-2-7-13-22)30(36-31)23-14-8-3-9-15-23/h1-20,35H/b26-20+. The number of aliphatic hydroxyl groups is 1. The third kappa shape index (κ3) is 4.40. The summed E-state index contributed by atoms with van der Waals surface area (Å²) < 4.78 is 6.22. The molecular weight excluding hydrogens is 472 g/mol. The molecular formula is C31H21ClO4. The number of benzene rings is 4. The molecule has 0 bridgehead atoms. The van der Waals surface area contributed by atoms with E-state index in [-0.39, 0.29) is 28.5 Å². The highest BCUT2D eigenvalue weighted by molar-refractivity contribution is 6.30. The van der Waals surface area contributed by atoms with Crippen molar-refractivity contribution in [3.63, 3.8) is 0 Å². The molecule has 5 rings (SSSR count). The second-order valence-corrected chi connectivity index (χ2v) is 8.74. The molecule has 1 unspecified atom stereocenters. The van der Waals surface area contributed by atoms with Gasteiger partial charge in [0.1, 0.15) is 5.76 Å². The molecule has 1 aliphatic heterocycles. The number of ether oxygens (including phenoxy) is 1. The minimum absolute atomic E-state index is 0.0615. The van der Waals surface area contributed by atoms with Crippen molar-refractivity contribution >= 4 is 28.9 Å². The van der Waals surface area contributed by atoms with Crippen molar-refractivity contribution in [1.29, 1.82) is 0 Å². The Labute approximate surface area is 213 Å². The van der Waals surface area contributed by atoms with E-state index in [1.54, 1.807) is 84.9 Å². The summed E-state index contributed by atoms with van der Waals surface area (Å²) in [6.07, 6.45) is 1.29. The van der Waals surface area contributed by atoms with Crippen LogP contribution in [0.25, 0.3) is 5.76 Å². The lowest BCUT2D eigenvalue weighted by atomic mass is 9.87. The summed E-state index contributed by atoms with van der Waals surface area (Å²) >= 11 is 6.09. The minimum atomic E-state index is -2.10. The number of Topliss-reactive ketones (excluding diaryl/α,β-unsaturated/α-hetero) is 1. The van der Waals surface area contributed by atoms with Crippen molar-refractivity contribution in [2.24, 2.45) is 0 Å². The predicted octanol–water partition coefficient (Wildman–Crippen LogP) is 6.62. The molecule has 4 nitrogen and oxygen atoms in total. The van der Waals surface area contributed by atoms with E-state index in [4.69, 9.17) is 16.3 Å². The van der Waals surface area contributed by atoms with E-state index in [0.29, 0.717) is 27.3 Å². The lowest BCUT2D eigenvalue weighted by Gasteiger charge is -2.26. The van der Waals surface area contributed by atoms with Crippen molar-refractivity contribution in [3.05, 3.63) is 160 Å². The smallest absolute Gasteiger partial charge is 0.262 e. The van der Waals surface area contributed by atoms with Gasteiger partial charge in [0, 0.05) is 32.8 Å². The third-order valence-electron chi connectivity index (χ3n) is 5.98. The first-order valence-electron chi connectivity index (χ1n) is 11.4. The number of rotatable bonds is 6. The molecule has 0 saturated carbocycles. The average Bonchev–Trinajstić information content (AvgIpc) is 3.23. The fraction of sp³-hybridized carbons (Fsp3) is 0.0323. The Morgan fingerprint density at radius 2 is 1.25 bits per heavy atom. The van der Waals surface area contributed by atoms with Crippen molar-refractivity contribution in [2.75, 3.05) is 0 Å². The number of hydrogen-bond acceptors (Lipinski definition) is 4. The fourth-order valence-corrected chi connectivity index (χ4v) is 4.30. The first-order chi connectivity index (χ1) is 17.5. The molecule has 1 heterocycles. The van der Waals surface area contributed by atoms with Gasteiger partial charge in [0.15, 0.2) is 11.6 Å². The van der Waals surface area contributed by atoms with Crippen LogP contribution in [0.5, 0.6) is 0 Å². The van der Waals surface area contributed by atoms with E-state index in [9.17, 15) is 14.7 Å². The zero-order valence-electron chi connectivity index (χ0n) is 19.1. The van der Waals surface area contributed by atoms with Crippen LogP contribution in [-0.2, 0) is 10.5 Å². The van der Waals surface area contributed by atoms with Crippen molar-refractivity contribution in [3.8, 4) is 0 Å². The number of ketones is 2. The Kier molecular flexibility index (Phi) is 6.38. The maximum atomic E-state index is 13.9. The highest BCUT2D eigenvalue weighted by atomic mass is 35.5. The lowest BCUT2D eigenvalue weighted by molar-refractivity contribution is -0.120. The number of carbonyl (C=O) groups excluding carboxylic acids is 2. The highest BCUT2D eigenvalue weighted by Gasteiger charge is 2.49. The molecule has 1 N–H and O–H groups in total. The van der Waals surface area contributed by atoms with Gasteiger partial charge < -0.3 is 9.84 Å². The summed E-state index contributed by atoms with van der Waals surface area (Å²) in [6, 6.07) is 32.9. The van der Waals surface area contributed by atoms with E-state index in [1.165, 1.54) is 6.08 Å². The zero-order chi connectivity index (χ0) is 25.1. The van der Waals surface area contributed by atoms with Crippen LogP contribution in [0.3, 0.4) is 0 Å². The first-order valence-corrected chi connectivity index (χ1v) is 11.7. The Hall–Kier alpha value is -4.25. The molecule has 176 valence electrons. The monoisotopic (exact) mass is 492 g/mol. The van der Waals surface area contributed by atoms with Gasteiger partial charge in [-0.25, -0.2) is 0 Å². The molecule has 0 aromatic heterocycles. The van der Waals surface area contributed by atoms with Gasteiger partial charge in [-0.1, -0.05) is 115 Å². The molecule has 5 heteroatoms. The molecule has 1 atom stereocenters. The summed E-state index contributed by atoms with van der Waals surface area (Å²) in [5.41, 5.74) is 1.94. The number of carbonyl (C=O) groups is 2. The first kappa shape index (κ1) is 23.5. The number of halogens is 1. The Morgan fingerprint density at radius 1 is 0.722 bits per heavy atom. The summed E-state index contributed by atoms with van der Waals surface area (Å²) in [7, 11) is 0. The molecule has 36 heavy (non-hydrogen) atoms. The van der Waals surface area contributed by atoms with Crippen LogP contribution in [0, 0.1) is 0 Å². The van der Waals surface area contributed by atoms with Gasteiger partial charge in [0.2, 0.25) is 0 Å². The molecule has 4 aromatic carbocycles. The van der Waals surface area contributed by atoms with Crippen LogP contribution in [0.2, 0.25) is 5.02 Å². The molecule has 0 aliphatic carbocycles. The molecule has 0 radical (unpaired) electrons. The Morgan fingerprint density at radius 3 is 1.83 bits per heavy atom. The van der Waals surface area contributed by atoms with Gasteiger partial charge in [-0.15, -0.1) is 0 Å². The van der Waals surface area contributed by atoms with E-state index < -0.39 is 5.79 Å². The van der Waals surface area contributed by atoms with E-state index in [1.807, 2.05) is 30.3 Å². The van der Waals surface area contributed by atoms with Crippen LogP contribution < -0.4 is 0 Å². The quantitative estimate of drug-likeness (QED) is 0.243. The topological polar surface area (TPSA) is 63.6 Å². The van der Waals surface area contributed by atoms with Crippen LogP contribution in [0.4, 0.5) is 0 Å². The largest absolute Gasteiger partial charge is 0.452 e. The summed E-state index contributed by atoms with van der Waals surface area (Å²) in [5.74, 6) is -2.64. The zero-order valence-corrected chi connectivity index (χ0v) is 19.9. The summed E-state index contributed by atoms with van der Waals surface area (Å²) in [5, 5.41) is 12.5. The number of allylic oxidation sites excluding steroid dienone is 1. The molecule has 0 fully saturated rings. The molecule has 1 aliphatic rings. The van der Waals surface area contributed by atoms with Crippen LogP contribution in [-0.4, -0.2) is 16.7 Å². The second-order valence-electron chi connectivity index (χ2n) is 8.31. The van der Waals surface area contributed by atoms with E-state index in [2.05, 4.69) is 0 Å². The predicted molar refractivity (Wildman–Crippen MR) is 139 cm³/mol. The third-order valence-corrected chi connectivity index (χ3v) is 6.23. The Bertz CT molecular complexity index is 1470. The maximum Gasteiger partial charge on any atom is 0.262 e. The van der Waals surface area contributed by atoms with Crippen molar-refractivity contribution in [1.82, 2.24) is 0 Å². The van der Waals surface area contributed by atoms with Gasteiger partial charge in [0.25, 0.3) is 5.79 Å². The van der Waals surface area contributed by atoms with Gasteiger partial charge in [-0.05, 0) is 18.2 Å².